The van der Waals surface area contributed by atoms with Gasteiger partial charge in [-0.25, -0.2) is 0 Å². The van der Waals surface area contributed by atoms with E-state index in [0.29, 0.717) is 6.04 Å². The standard InChI is InChI=1S/C12H18BrN3/c1-4-16(8(2)3)11-6-5-9(12(14)15)7-10(11)13/h5-8H,4H2,1-3H3,(H3,14,15). The van der Waals surface area contributed by atoms with Gasteiger partial charge in [0.25, 0.3) is 0 Å². The second kappa shape index (κ2) is 5.34. The summed E-state index contributed by atoms with van der Waals surface area (Å²) in [7, 11) is 0. The molecule has 1 rings (SSSR count). The van der Waals surface area contributed by atoms with Gasteiger partial charge in [-0.05, 0) is 54.9 Å². The number of benzene rings is 1. The molecule has 0 spiro atoms. The molecular weight excluding hydrogens is 266 g/mol. The molecule has 0 atom stereocenters. The minimum atomic E-state index is 0.0971. The molecule has 3 nitrogen and oxygen atoms in total. The number of amidine groups is 1. The summed E-state index contributed by atoms with van der Waals surface area (Å²) in [6, 6.07) is 6.23. The first-order chi connectivity index (χ1) is 7.47. The van der Waals surface area contributed by atoms with E-state index in [1.807, 2.05) is 18.2 Å². The second-order valence-electron chi connectivity index (χ2n) is 3.96. The molecule has 0 fully saturated rings. The Morgan fingerprint density at radius 2 is 2.12 bits per heavy atom. The van der Waals surface area contributed by atoms with Crippen LogP contribution in [0.4, 0.5) is 5.69 Å². The number of rotatable bonds is 4. The van der Waals surface area contributed by atoms with Crippen LogP contribution < -0.4 is 10.6 Å². The summed E-state index contributed by atoms with van der Waals surface area (Å²) < 4.78 is 0.982. The number of nitrogens with zero attached hydrogens (tertiary/aromatic N) is 1. The van der Waals surface area contributed by atoms with Crippen LogP contribution in [0.5, 0.6) is 0 Å². The van der Waals surface area contributed by atoms with Crippen LogP contribution in [0.2, 0.25) is 0 Å². The molecule has 1 aromatic rings. The van der Waals surface area contributed by atoms with Crippen LogP contribution in [0.25, 0.3) is 0 Å². The minimum Gasteiger partial charge on any atom is -0.384 e. The zero-order chi connectivity index (χ0) is 12.3. The topological polar surface area (TPSA) is 53.1 Å². The first kappa shape index (κ1) is 13.0. The van der Waals surface area contributed by atoms with Crippen molar-refractivity contribution in [1.82, 2.24) is 0 Å². The molecule has 0 bridgehead atoms. The predicted octanol–water partition coefficient (Wildman–Crippen LogP) is 2.97. The van der Waals surface area contributed by atoms with Gasteiger partial charge in [-0.3, -0.25) is 5.41 Å². The largest absolute Gasteiger partial charge is 0.384 e. The molecule has 0 unspecified atom stereocenters. The van der Waals surface area contributed by atoms with Crippen LogP contribution in [0, 0.1) is 5.41 Å². The molecule has 0 aliphatic heterocycles. The number of halogens is 1. The summed E-state index contributed by atoms with van der Waals surface area (Å²) in [6.07, 6.45) is 0. The highest BCUT2D eigenvalue weighted by Gasteiger charge is 2.12. The summed E-state index contributed by atoms with van der Waals surface area (Å²) in [5.74, 6) is 0.0971. The van der Waals surface area contributed by atoms with Crippen LogP contribution >= 0.6 is 15.9 Å². The summed E-state index contributed by atoms with van der Waals surface area (Å²) >= 11 is 3.53. The summed E-state index contributed by atoms with van der Waals surface area (Å²) in [6.45, 7) is 7.41. The fourth-order valence-electron chi connectivity index (χ4n) is 1.72. The van der Waals surface area contributed by atoms with E-state index in [4.69, 9.17) is 11.1 Å². The van der Waals surface area contributed by atoms with Crippen LogP contribution in [0.15, 0.2) is 22.7 Å². The Labute approximate surface area is 105 Å². The highest BCUT2D eigenvalue weighted by Crippen LogP contribution is 2.28. The van der Waals surface area contributed by atoms with Crippen molar-refractivity contribution in [2.24, 2.45) is 5.73 Å². The Morgan fingerprint density at radius 1 is 1.50 bits per heavy atom. The van der Waals surface area contributed by atoms with Gasteiger partial charge in [0.1, 0.15) is 5.84 Å². The third-order valence-corrected chi connectivity index (χ3v) is 3.17. The van der Waals surface area contributed by atoms with Gasteiger partial charge >= 0.3 is 0 Å². The number of nitrogens with one attached hydrogen (secondary N) is 1. The quantitative estimate of drug-likeness (QED) is 0.659. The van der Waals surface area contributed by atoms with Gasteiger partial charge in [-0.15, -0.1) is 0 Å². The molecule has 1 aromatic carbocycles. The van der Waals surface area contributed by atoms with Crippen LogP contribution in [0.1, 0.15) is 26.3 Å². The Kier molecular flexibility index (Phi) is 4.35. The van der Waals surface area contributed by atoms with Gasteiger partial charge in [-0.2, -0.15) is 0 Å². The molecule has 16 heavy (non-hydrogen) atoms. The van der Waals surface area contributed by atoms with Crippen LogP contribution in [0.3, 0.4) is 0 Å². The lowest BCUT2D eigenvalue weighted by Crippen LogP contribution is -2.30. The van der Waals surface area contributed by atoms with Crippen molar-refractivity contribution < 1.29 is 0 Å². The Balaban J connectivity index is 3.11. The summed E-state index contributed by atoms with van der Waals surface area (Å²) in [5.41, 5.74) is 7.34. The molecule has 88 valence electrons. The minimum absolute atomic E-state index is 0.0971. The molecule has 3 N–H and O–H groups in total. The van der Waals surface area contributed by atoms with Gasteiger partial charge in [0.2, 0.25) is 0 Å². The first-order valence-corrected chi connectivity index (χ1v) is 6.17. The van der Waals surface area contributed by atoms with Gasteiger partial charge in [0.15, 0.2) is 0 Å². The molecule has 0 saturated carbocycles. The van der Waals surface area contributed by atoms with Gasteiger partial charge in [-0.1, -0.05) is 0 Å². The maximum atomic E-state index is 7.38. The van der Waals surface area contributed by atoms with E-state index < -0.39 is 0 Å². The molecule has 0 heterocycles. The SMILES string of the molecule is CCN(c1ccc(C(=N)N)cc1Br)C(C)C. The van der Waals surface area contributed by atoms with Crippen molar-refractivity contribution in [2.75, 3.05) is 11.4 Å². The lowest BCUT2D eigenvalue weighted by Gasteiger charge is -2.28. The van der Waals surface area contributed by atoms with Crippen molar-refractivity contribution >= 4 is 27.5 Å². The average Bonchev–Trinajstić information content (AvgIpc) is 2.20. The number of nitrogens with two attached hydrogens (primary N) is 1. The van der Waals surface area contributed by atoms with Crippen molar-refractivity contribution in [2.45, 2.75) is 26.8 Å². The second-order valence-corrected chi connectivity index (χ2v) is 4.81. The first-order valence-electron chi connectivity index (χ1n) is 5.38. The molecule has 4 heteroatoms. The molecule has 0 amide bonds. The normalized spacial score (nSPS) is 10.6. The summed E-state index contributed by atoms with van der Waals surface area (Å²) in [5, 5.41) is 7.38. The lowest BCUT2D eigenvalue weighted by atomic mass is 10.1. The predicted molar refractivity (Wildman–Crippen MR) is 73.3 cm³/mol. The van der Waals surface area contributed by atoms with E-state index in [0.717, 1.165) is 22.3 Å². The van der Waals surface area contributed by atoms with Crippen molar-refractivity contribution in [3.63, 3.8) is 0 Å². The van der Waals surface area contributed by atoms with E-state index in [-0.39, 0.29) is 5.84 Å². The molecular formula is C12H18BrN3. The molecule has 0 aliphatic carbocycles. The van der Waals surface area contributed by atoms with E-state index in [2.05, 4.69) is 41.6 Å². The molecule has 0 radical (unpaired) electrons. The highest BCUT2D eigenvalue weighted by atomic mass is 79.9. The maximum Gasteiger partial charge on any atom is 0.122 e. The van der Waals surface area contributed by atoms with Crippen LogP contribution in [-0.2, 0) is 0 Å². The fraction of sp³-hybridized carbons (Fsp3) is 0.417. The van der Waals surface area contributed by atoms with Crippen molar-refractivity contribution in [3.05, 3.63) is 28.2 Å². The monoisotopic (exact) mass is 283 g/mol. The van der Waals surface area contributed by atoms with Crippen molar-refractivity contribution in [3.8, 4) is 0 Å². The van der Waals surface area contributed by atoms with Gasteiger partial charge in [0.05, 0.1) is 5.69 Å². The lowest BCUT2D eigenvalue weighted by molar-refractivity contribution is 0.702. The third kappa shape index (κ3) is 2.76. The molecule has 0 aromatic heterocycles. The Hall–Kier alpha value is -1.03. The maximum absolute atomic E-state index is 7.38. The summed E-state index contributed by atoms with van der Waals surface area (Å²) in [4.78, 5) is 2.29. The number of hydrogen-bond acceptors (Lipinski definition) is 2. The van der Waals surface area contributed by atoms with E-state index >= 15 is 0 Å². The van der Waals surface area contributed by atoms with Crippen LogP contribution in [-0.4, -0.2) is 18.4 Å². The molecule has 0 aliphatic rings. The number of anilines is 1. The Bertz CT molecular complexity index is 388. The van der Waals surface area contributed by atoms with E-state index in [1.165, 1.54) is 0 Å². The third-order valence-electron chi connectivity index (χ3n) is 2.53. The number of hydrogen-bond donors (Lipinski definition) is 2. The Morgan fingerprint density at radius 3 is 2.50 bits per heavy atom. The zero-order valence-corrected chi connectivity index (χ0v) is 11.5. The van der Waals surface area contributed by atoms with E-state index in [9.17, 15) is 0 Å². The average molecular weight is 284 g/mol. The highest BCUT2D eigenvalue weighted by molar-refractivity contribution is 9.10. The fourth-order valence-corrected chi connectivity index (χ4v) is 2.33. The number of nitrogen functional groups attached to an aromatic ring is 1. The molecule has 0 saturated heterocycles. The van der Waals surface area contributed by atoms with Gasteiger partial charge < -0.3 is 10.6 Å². The van der Waals surface area contributed by atoms with Gasteiger partial charge in [0, 0.05) is 22.6 Å². The zero-order valence-electron chi connectivity index (χ0n) is 9.92. The smallest absolute Gasteiger partial charge is 0.122 e. The van der Waals surface area contributed by atoms with Crippen molar-refractivity contribution in [1.29, 1.82) is 5.41 Å². The van der Waals surface area contributed by atoms with E-state index in [1.54, 1.807) is 0 Å².